The molecule has 0 spiro atoms. The lowest BCUT2D eigenvalue weighted by atomic mass is 10.2. The zero-order valence-corrected chi connectivity index (χ0v) is 14.4. The van der Waals surface area contributed by atoms with E-state index in [0.29, 0.717) is 9.90 Å². The van der Waals surface area contributed by atoms with Crippen molar-refractivity contribution in [1.29, 1.82) is 0 Å². The van der Waals surface area contributed by atoms with Crippen LogP contribution in [0.15, 0.2) is 58.1 Å². The van der Waals surface area contributed by atoms with E-state index in [0.717, 1.165) is 20.1 Å². The van der Waals surface area contributed by atoms with Crippen LogP contribution in [0.2, 0.25) is 5.02 Å². The number of fused-ring (bicyclic) bond motifs is 1. The Morgan fingerprint density at radius 2 is 2.05 bits per heavy atom. The van der Waals surface area contributed by atoms with E-state index in [1.165, 1.54) is 11.3 Å². The molecule has 1 amide bonds. The third-order valence-electron chi connectivity index (χ3n) is 2.97. The monoisotopic (exact) mass is 392 g/mol. The largest absolute Gasteiger partial charge is 0.283 e. The molecule has 3 rings (SSSR count). The molecule has 1 N–H and O–H groups in total. The summed E-state index contributed by atoms with van der Waals surface area (Å²) in [6.07, 6.45) is 1.59. The molecular weight excluding hydrogens is 384 g/mol. The SMILES string of the molecule is O=C(N/N=C/c1cccc(Br)c1)c1sc2ccccc2c1Cl. The molecule has 3 nitrogen and oxygen atoms in total. The number of hydrogen-bond acceptors (Lipinski definition) is 3. The summed E-state index contributed by atoms with van der Waals surface area (Å²) in [6, 6.07) is 15.3. The van der Waals surface area contributed by atoms with Crippen LogP contribution in [0.5, 0.6) is 0 Å². The number of hydrazone groups is 1. The fourth-order valence-corrected chi connectivity index (χ4v) is 3.79. The van der Waals surface area contributed by atoms with Crippen molar-refractivity contribution in [3.8, 4) is 0 Å². The van der Waals surface area contributed by atoms with Crippen molar-refractivity contribution >= 4 is 61.1 Å². The average molecular weight is 394 g/mol. The van der Waals surface area contributed by atoms with Crippen molar-refractivity contribution < 1.29 is 4.79 Å². The zero-order chi connectivity index (χ0) is 15.5. The first kappa shape index (κ1) is 15.2. The van der Waals surface area contributed by atoms with E-state index in [4.69, 9.17) is 11.6 Å². The lowest BCUT2D eigenvalue weighted by Gasteiger charge is -1.98. The predicted octanol–water partition coefficient (Wildman–Crippen LogP) is 5.08. The van der Waals surface area contributed by atoms with Crippen molar-refractivity contribution in [1.82, 2.24) is 5.43 Å². The van der Waals surface area contributed by atoms with Crippen molar-refractivity contribution in [3.05, 3.63) is 68.5 Å². The Kier molecular flexibility index (Phi) is 4.57. The standard InChI is InChI=1S/C16H10BrClN2OS/c17-11-5-3-4-10(8-11)9-19-20-16(21)15-14(18)12-6-1-2-7-13(12)22-15/h1-9H,(H,20,21)/b19-9+. The highest BCUT2D eigenvalue weighted by Gasteiger charge is 2.16. The van der Waals surface area contributed by atoms with Crippen LogP contribution in [0.1, 0.15) is 15.2 Å². The van der Waals surface area contributed by atoms with Gasteiger partial charge in [0, 0.05) is 14.6 Å². The second-order valence-corrected chi connectivity index (χ2v) is 6.84. The van der Waals surface area contributed by atoms with Gasteiger partial charge in [-0.2, -0.15) is 5.10 Å². The van der Waals surface area contributed by atoms with Crippen LogP contribution >= 0.6 is 38.9 Å². The van der Waals surface area contributed by atoms with Crippen molar-refractivity contribution in [2.24, 2.45) is 5.10 Å². The van der Waals surface area contributed by atoms with Crippen molar-refractivity contribution in [2.75, 3.05) is 0 Å². The Bertz CT molecular complexity index is 875. The molecule has 0 unspecified atom stereocenters. The molecule has 0 fully saturated rings. The van der Waals surface area contributed by atoms with Gasteiger partial charge in [0.15, 0.2) is 0 Å². The number of nitrogens with zero attached hydrogens (tertiary/aromatic N) is 1. The summed E-state index contributed by atoms with van der Waals surface area (Å²) >= 11 is 11.0. The lowest BCUT2D eigenvalue weighted by molar-refractivity contribution is 0.0959. The number of thiophene rings is 1. The Morgan fingerprint density at radius 3 is 2.82 bits per heavy atom. The van der Waals surface area contributed by atoms with Crippen LogP contribution in [0, 0.1) is 0 Å². The fraction of sp³-hybridized carbons (Fsp3) is 0. The molecule has 0 atom stereocenters. The first-order valence-electron chi connectivity index (χ1n) is 6.41. The van der Waals surface area contributed by atoms with E-state index >= 15 is 0 Å². The second kappa shape index (κ2) is 6.60. The molecule has 1 heterocycles. The lowest BCUT2D eigenvalue weighted by Crippen LogP contribution is -2.16. The highest BCUT2D eigenvalue weighted by molar-refractivity contribution is 9.10. The third-order valence-corrected chi connectivity index (χ3v) is 5.14. The van der Waals surface area contributed by atoms with Gasteiger partial charge in [-0.3, -0.25) is 4.79 Å². The predicted molar refractivity (Wildman–Crippen MR) is 96.0 cm³/mol. The molecule has 0 bridgehead atoms. The molecular formula is C16H10BrClN2OS. The number of benzene rings is 2. The highest BCUT2D eigenvalue weighted by atomic mass is 79.9. The quantitative estimate of drug-likeness (QED) is 0.489. The van der Waals surface area contributed by atoms with Gasteiger partial charge in [-0.1, -0.05) is 57.9 Å². The molecule has 22 heavy (non-hydrogen) atoms. The molecule has 0 aliphatic rings. The van der Waals surface area contributed by atoms with Crippen molar-refractivity contribution in [3.63, 3.8) is 0 Å². The number of rotatable bonds is 3. The molecule has 3 aromatic rings. The molecule has 6 heteroatoms. The number of nitrogens with one attached hydrogen (secondary N) is 1. The van der Waals surface area contributed by atoms with Crippen LogP contribution in [0.25, 0.3) is 10.1 Å². The van der Waals surface area contributed by atoms with Crippen LogP contribution in [-0.4, -0.2) is 12.1 Å². The molecule has 0 saturated carbocycles. The fourth-order valence-electron chi connectivity index (χ4n) is 1.96. The van der Waals surface area contributed by atoms with Gasteiger partial charge in [0.1, 0.15) is 4.88 Å². The van der Waals surface area contributed by atoms with Gasteiger partial charge in [0.2, 0.25) is 0 Å². The maximum Gasteiger partial charge on any atom is 0.283 e. The maximum atomic E-state index is 12.2. The molecule has 0 aliphatic heterocycles. The molecule has 2 aromatic carbocycles. The van der Waals surface area contributed by atoms with Crippen LogP contribution in [0.4, 0.5) is 0 Å². The average Bonchev–Trinajstić information content (AvgIpc) is 2.85. The van der Waals surface area contributed by atoms with Gasteiger partial charge in [0.05, 0.1) is 11.2 Å². The molecule has 0 saturated heterocycles. The number of amides is 1. The molecule has 110 valence electrons. The highest BCUT2D eigenvalue weighted by Crippen LogP contribution is 2.34. The van der Waals surface area contributed by atoms with E-state index in [-0.39, 0.29) is 5.91 Å². The van der Waals surface area contributed by atoms with Crippen LogP contribution in [-0.2, 0) is 0 Å². The van der Waals surface area contributed by atoms with Gasteiger partial charge >= 0.3 is 0 Å². The minimum atomic E-state index is -0.308. The van der Waals surface area contributed by atoms with E-state index < -0.39 is 0 Å². The molecule has 1 aromatic heterocycles. The summed E-state index contributed by atoms with van der Waals surface area (Å²) in [7, 11) is 0. The smallest absolute Gasteiger partial charge is 0.266 e. The zero-order valence-electron chi connectivity index (χ0n) is 11.2. The van der Waals surface area contributed by atoms with Gasteiger partial charge in [-0.05, 0) is 23.8 Å². The minimum Gasteiger partial charge on any atom is -0.266 e. The molecule has 0 radical (unpaired) electrons. The second-order valence-electron chi connectivity index (χ2n) is 4.50. The maximum absolute atomic E-state index is 12.2. The summed E-state index contributed by atoms with van der Waals surface area (Å²) in [5, 5.41) is 5.33. The number of carbonyl (C=O) groups excluding carboxylic acids is 1. The Labute approximate surface area is 144 Å². The van der Waals surface area contributed by atoms with E-state index in [9.17, 15) is 4.79 Å². The van der Waals surface area contributed by atoms with Gasteiger partial charge < -0.3 is 0 Å². The first-order valence-corrected chi connectivity index (χ1v) is 8.40. The normalized spacial score (nSPS) is 11.2. The Balaban J connectivity index is 1.77. The third kappa shape index (κ3) is 3.21. The van der Waals surface area contributed by atoms with Crippen LogP contribution < -0.4 is 5.43 Å². The van der Waals surface area contributed by atoms with Gasteiger partial charge in [0.25, 0.3) is 5.91 Å². The van der Waals surface area contributed by atoms with Crippen molar-refractivity contribution in [2.45, 2.75) is 0 Å². The summed E-state index contributed by atoms with van der Waals surface area (Å²) in [5.41, 5.74) is 3.40. The topological polar surface area (TPSA) is 41.5 Å². The summed E-state index contributed by atoms with van der Waals surface area (Å²) in [4.78, 5) is 12.7. The number of hydrogen-bond donors (Lipinski definition) is 1. The molecule has 0 aliphatic carbocycles. The van der Waals surface area contributed by atoms with Crippen LogP contribution in [0.3, 0.4) is 0 Å². The van der Waals surface area contributed by atoms with Gasteiger partial charge in [-0.25, -0.2) is 5.43 Å². The Hall–Kier alpha value is -1.69. The summed E-state index contributed by atoms with van der Waals surface area (Å²) in [5.74, 6) is -0.308. The number of carbonyl (C=O) groups is 1. The Morgan fingerprint density at radius 1 is 1.23 bits per heavy atom. The van der Waals surface area contributed by atoms with E-state index in [1.54, 1.807) is 6.21 Å². The first-order chi connectivity index (χ1) is 10.6. The number of halogens is 2. The van der Waals surface area contributed by atoms with E-state index in [1.807, 2.05) is 48.5 Å². The summed E-state index contributed by atoms with van der Waals surface area (Å²) in [6.45, 7) is 0. The van der Waals surface area contributed by atoms with E-state index in [2.05, 4.69) is 26.5 Å². The summed E-state index contributed by atoms with van der Waals surface area (Å²) < 4.78 is 1.93. The van der Waals surface area contributed by atoms with Gasteiger partial charge in [-0.15, -0.1) is 11.3 Å². The minimum absolute atomic E-state index is 0.308.